The van der Waals surface area contributed by atoms with Crippen LogP contribution in [0.1, 0.15) is 24.1 Å². The molecule has 1 atom stereocenters. The van der Waals surface area contributed by atoms with E-state index in [2.05, 4.69) is 10.3 Å². The predicted octanol–water partition coefficient (Wildman–Crippen LogP) is 3.37. The first kappa shape index (κ1) is 14.9. The Morgan fingerprint density at radius 3 is 2.76 bits per heavy atom. The highest BCUT2D eigenvalue weighted by molar-refractivity contribution is 5.50. The first-order valence-electron chi connectivity index (χ1n) is 6.58. The molecular weight excluding hydrogens is 270 g/mol. The van der Waals surface area contributed by atoms with Crippen molar-refractivity contribution in [2.24, 2.45) is 0 Å². The Labute approximate surface area is 122 Å². The molecule has 0 aliphatic rings. The Kier molecular flexibility index (Phi) is 4.49. The largest absolute Gasteiger partial charge is 0.438 e. The highest BCUT2D eigenvalue weighted by Gasteiger charge is 2.17. The Morgan fingerprint density at radius 2 is 2.10 bits per heavy atom. The molecule has 2 rings (SSSR count). The monoisotopic (exact) mass is 287 g/mol. The van der Waals surface area contributed by atoms with Crippen molar-refractivity contribution < 1.29 is 9.66 Å². The third-order valence-electron chi connectivity index (χ3n) is 3.36. The van der Waals surface area contributed by atoms with Crippen LogP contribution >= 0.6 is 0 Å². The Morgan fingerprint density at radius 1 is 1.33 bits per heavy atom. The fraction of sp³-hybridized carbons (Fsp3) is 0.267. The topological polar surface area (TPSA) is 77.3 Å². The standard InChI is InChI=1S/C15H17N3O3/c1-10-13(18(19)20)7-4-8-14(10)21-15-12(11(2)16-3)6-5-9-17-15/h4-9,11,16H,1-3H3. The van der Waals surface area contributed by atoms with Crippen LogP contribution in [0.5, 0.6) is 11.6 Å². The van der Waals surface area contributed by atoms with E-state index in [9.17, 15) is 10.1 Å². The van der Waals surface area contributed by atoms with E-state index in [1.54, 1.807) is 25.3 Å². The van der Waals surface area contributed by atoms with Crippen LogP contribution in [0.4, 0.5) is 5.69 Å². The van der Waals surface area contributed by atoms with E-state index >= 15 is 0 Å². The van der Waals surface area contributed by atoms with E-state index in [1.165, 1.54) is 6.07 Å². The number of rotatable bonds is 5. The van der Waals surface area contributed by atoms with Crippen LogP contribution in [-0.4, -0.2) is 17.0 Å². The average Bonchev–Trinajstić information content (AvgIpc) is 2.49. The molecule has 1 aromatic heterocycles. The lowest BCUT2D eigenvalue weighted by atomic mass is 10.1. The van der Waals surface area contributed by atoms with Crippen LogP contribution in [-0.2, 0) is 0 Å². The Bertz CT molecular complexity index is 658. The highest BCUT2D eigenvalue weighted by atomic mass is 16.6. The van der Waals surface area contributed by atoms with Crippen molar-refractivity contribution in [3.8, 4) is 11.6 Å². The molecule has 0 radical (unpaired) electrons. The summed E-state index contributed by atoms with van der Waals surface area (Å²) in [6.07, 6.45) is 1.63. The predicted molar refractivity (Wildman–Crippen MR) is 79.6 cm³/mol. The van der Waals surface area contributed by atoms with Gasteiger partial charge in [0.25, 0.3) is 5.69 Å². The number of ether oxygens (including phenoxy) is 1. The van der Waals surface area contributed by atoms with Crippen LogP contribution in [0.15, 0.2) is 36.5 Å². The lowest BCUT2D eigenvalue weighted by Gasteiger charge is -2.15. The van der Waals surface area contributed by atoms with Gasteiger partial charge in [-0.3, -0.25) is 10.1 Å². The number of aromatic nitrogens is 1. The quantitative estimate of drug-likeness (QED) is 0.674. The van der Waals surface area contributed by atoms with Crippen molar-refractivity contribution in [2.45, 2.75) is 19.9 Å². The lowest BCUT2D eigenvalue weighted by molar-refractivity contribution is -0.385. The van der Waals surface area contributed by atoms with Crippen LogP contribution in [0.25, 0.3) is 0 Å². The molecule has 0 saturated carbocycles. The molecule has 0 fully saturated rings. The average molecular weight is 287 g/mol. The highest BCUT2D eigenvalue weighted by Crippen LogP contribution is 2.32. The van der Waals surface area contributed by atoms with Gasteiger partial charge in [-0.25, -0.2) is 4.98 Å². The second kappa shape index (κ2) is 6.32. The molecule has 1 aromatic carbocycles. The number of nitrogens with zero attached hydrogens (tertiary/aromatic N) is 2. The zero-order valence-electron chi connectivity index (χ0n) is 12.2. The van der Waals surface area contributed by atoms with E-state index in [0.717, 1.165) is 5.56 Å². The normalized spacial score (nSPS) is 12.0. The minimum absolute atomic E-state index is 0.0339. The summed E-state index contributed by atoms with van der Waals surface area (Å²) in [4.78, 5) is 14.8. The summed E-state index contributed by atoms with van der Waals surface area (Å²) in [6, 6.07) is 8.56. The van der Waals surface area contributed by atoms with Gasteiger partial charge in [-0.05, 0) is 33.0 Å². The fourth-order valence-corrected chi connectivity index (χ4v) is 1.99. The summed E-state index contributed by atoms with van der Waals surface area (Å²) < 4.78 is 5.80. The molecule has 0 saturated heterocycles. The maximum Gasteiger partial charge on any atom is 0.276 e. The van der Waals surface area contributed by atoms with Crippen molar-refractivity contribution in [1.82, 2.24) is 10.3 Å². The number of nitro benzene ring substituents is 1. The Hall–Kier alpha value is -2.47. The number of nitrogens with one attached hydrogen (secondary N) is 1. The second-order valence-corrected chi connectivity index (χ2v) is 4.67. The van der Waals surface area contributed by atoms with Gasteiger partial charge in [-0.2, -0.15) is 0 Å². The number of hydrogen-bond donors (Lipinski definition) is 1. The zero-order valence-corrected chi connectivity index (χ0v) is 12.2. The molecular formula is C15H17N3O3. The maximum atomic E-state index is 11.0. The van der Waals surface area contributed by atoms with Gasteiger partial charge in [0, 0.05) is 23.9 Å². The summed E-state index contributed by atoms with van der Waals surface area (Å²) in [7, 11) is 1.85. The van der Waals surface area contributed by atoms with Crippen molar-refractivity contribution in [3.05, 3.63) is 57.8 Å². The van der Waals surface area contributed by atoms with Gasteiger partial charge in [0.1, 0.15) is 5.75 Å². The third-order valence-corrected chi connectivity index (χ3v) is 3.36. The fourth-order valence-electron chi connectivity index (χ4n) is 1.99. The van der Waals surface area contributed by atoms with Crippen LogP contribution in [0, 0.1) is 17.0 Å². The van der Waals surface area contributed by atoms with Gasteiger partial charge >= 0.3 is 0 Å². The van der Waals surface area contributed by atoms with E-state index in [1.807, 2.05) is 26.1 Å². The van der Waals surface area contributed by atoms with E-state index < -0.39 is 4.92 Å². The number of pyridine rings is 1. The third kappa shape index (κ3) is 3.17. The van der Waals surface area contributed by atoms with Crippen molar-refractivity contribution in [1.29, 1.82) is 0 Å². The number of nitro groups is 1. The summed E-state index contributed by atoms with van der Waals surface area (Å²) >= 11 is 0. The molecule has 6 nitrogen and oxygen atoms in total. The molecule has 21 heavy (non-hydrogen) atoms. The lowest BCUT2D eigenvalue weighted by Crippen LogP contribution is -2.13. The Balaban J connectivity index is 2.40. The summed E-state index contributed by atoms with van der Waals surface area (Å²) in [5.74, 6) is 0.885. The van der Waals surface area contributed by atoms with Crippen molar-refractivity contribution in [3.63, 3.8) is 0 Å². The zero-order chi connectivity index (χ0) is 15.4. The molecule has 1 N–H and O–H groups in total. The first-order chi connectivity index (χ1) is 10.0. The second-order valence-electron chi connectivity index (χ2n) is 4.67. The molecule has 0 aliphatic heterocycles. The van der Waals surface area contributed by atoms with Gasteiger partial charge in [-0.1, -0.05) is 12.1 Å². The first-order valence-corrected chi connectivity index (χ1v) is 6.58. The summed E-state index contributed by atoms with van der Waals surface area (Å²) in [5, 5.41) is 14.1. The molecule has 0 amide bonds. The van der Waals surface area contributed by atoms with E-state index in [-0.39, 0.29) is 11.7 Å². The van der Waals surface area contributed by atoms with Gasteiger partial charge in [0.2, 0.25) is 5.88 Å². The molecule has 2 aromatic rings. The van der Waals surface area contributed by atoms with Gasteiger partial charge in [0.05, 0.1) is 10.5 Å². The SMILES string of the molecule is CNC(C)c1cccnc1Oc1cccc([N+](=O)[O-])c1C. The molecule has 0 aliphatic carbocycles. The molecule has 110 valence electrons. The number of hydrogen-bond acceptors (Lipinski definition) is 5. The minimum Gasteiger partial charge on any atom is -0.438 e. The molecule has 1 unspecified atom stereocenters. The van der Waals surface area contributed by atoms with Gasteiger partial charge in [0.15, 0.2) is 0 Å². The minimum atomic E-state index is -0.419. The summed E-state index contributed by atoms with van der Waals surface area (Å²) in [5.41, 5.74) is 1.41. The smallest absolute Gasteiger partial charge is 0.276 e. The van der Waals surface area contributed by atoms with E-state index in [4.69, 9.17) is 4.74 Å². The van der Waals surface area contributed by atoms with Gasteiger partial charge < -0.3 is 10.1 Å². The van der Waals surface area contributed by atoms with Crippen molar-refractivity contribution >= 4 is 5.69 Å². The number of benzene rings is 1. The molecule has 6 heteroatoms. The van der Waals surface area contributed by atoms with Crippen LogP contribution in [0.3, 0.4) is 0 Å². The van der Waals surface area contributed by atoms with Crippen molar-refractivity contribution in [2.75, 3.05) is 7.05 Å². The van der Waals surface area contributed by atoms with E-state index in [0.29, 0.717) is 17.2 Å². The molecule has 1 heterocycles. The molecule has 0 spiro atoms. The molecule has 0 bridgehead atoms. The summed E-state index contributed by atoms with van der Waals surface area (Å²) in [6.45, 7) is 3.65. The van der Waals surface area contributed by atoms with Crippen LogP contribution < -0.4 is 10.1 Å². The maximum absolute atomic E-state index is 11.0. The van der Waals surface area contributed by atoms with Crippen LogP contribution in [0.2, 0.25) is 0 Å². The van der Waals surface area contributed by atoms with Gasteiger partial charge in [-0.15, -0.1) is 0 Å².